The molecule has 140 valence electrons. The second-order valence-electron chi connectivity index (χ2n) is 7.07. The number of nitro groups is 1. The Kier molecular flexibility index (Phi) is 5.39. The second-order valence-corrected chi connectivity index (χ2v) is 7.07. The molecule has 8 heteroatoms. The summed E-state index contributed by atoms with van der Waals surface area (Å²) >= 11 is 0. The molecule has 0 bridgehead atoms. The Morgan fingerprint density at radius 3 is 2.77 bits per heavy atom. The fourth-order valence-corrected chi connectivity index (χ4v) is 3.18. The molecule has 0 unspecified atom stereocenters. The first kappa shape index (κ1) is 18.2. The molecule has 1 amide bonds. The van der Waals surface area contributed by atoms with Gasteiger partial charge in [-0.15, -0.1) is 0 Å². The number of esters is 1. The van der Waals surface area contributed by atoms with Crippen molar-refractivity contribution in [1.82, 2.24) is 5.32 Å². The zero-order valence-corrected chi connectivity index (χ0v) is 14.8. The smallest absolute Gasteiger partial charge is 0.338 e. The number of anilines is 1. The average Bonchev–Trinajstić information content (AvgIpc) is 3.43. The highest BCUT2D eigenvalue weighted by Crippen LogP contribution is 2.32. The molecule has 0 radical (unpaired) electrons. The topological polar surface area (TPSA) is 102 Å². The Labute approximate surface area is 151 Å². The van der Waals surface area contributed by atoms with Crippen LogP contribution < -0.4 is 10.2 Å². The highest BCUT2D eigenvalue weighted by molar-refractivity contribution is 5.93. The number of carbonyl (C=O) groups is 2. The fourth-order valence-electron chi connectivity index (χ4n) is 3.18. The van der Waals surface area contributed by atoms with Crippen LogP contribution in [0.5, 0.6) is 0 Å². The van der Waals surface area contributed by atoms with Crippen LogP contribution in [0.25, 0.3) is 0 Å². The lowest BCUT2D eigenvalue weighted by Gasteiger charge is -2.32. The Balaban J connectivity index is 1.69. The van der Waals surface area contributed by atoms with E-state index < -0.39 is 10.9 Å². The molecule has 3 rings (SSSR count). The van der Waals surface area contributed by atoms with Gasteiger partial charge in [0.05, 0.1) is 10.5 Å². The van der Waals surface area contributed by atoms with Crippen molar-refractivity contribution in [3.63, 3.8) is 0 Å². The number of ether oxygens (including phenoxy) is 1. The molecule has 2 aliphatic rings. The lowest BCUT2D eigenvalue weighted by molar-refractivity contribution is -0.384. The van der Waals surface area contributed by atoms with E-state index in [9.17, 15) is 19.7 Å². The molecule has 0 spiro atoms. The van der Waals surface area contributed by atoms with Gasteiger partial charge in [-0.25, -0.2) is 4.79 Å². The molecule has 1 aliphatic heterocycles. The predicted molar refractivity (Wildman–Crippen MR) is 95.2 cm³/mol. The van der Waals surface area contributed by atoms with Crippen LogP contribution in [0.15, 0.2) is 18.2 Å². The number of nitrogens with zero attached hydrogens (tertiary/aromatic N) is 2. The summed E-state index contributed by atoms with van der Waals surface area (Å²) in [6.45, 7) is 3.26. The maximum absolute atomic E-state index is 12.1. The van der Waals surface area contributed by atoms with Crippen molar-refractivity contribution in [2.45, 2.75) is 38.6 Å². The summed E-state index contributed by atoms with van der Waals surface area (Å²) in [5.74, 6) is -0.621. The van der Waals surface area contributed by atoms with Gasteiger partial charge in [0.25, 0.3) is 11.6 Å². The SMILES string of the molecule is C[C@@H]1CCCN(c2ccc(C(=O)OCC(=O)NC3CC3)cc2[N+](=O)[O-])C1. The summed E-state index contributed by atoms with van der Waals surface area (Å²) in [6, 6.07) is 4.53. The largest absolute Gasteiger partial charge is 0.452 e. The lowest BCUT2D eigenvalue weighted by atomic mass is 9.99. The van der Waals surface area contributed by atoms with Crippen LogP contribution in [0.3, 0.4) is 0 Å². The molecule has 2 fully saturated rings. The molecule has 8 nitrogen and oxygen atoms in total. The van der Waals surface area contributed by atoms with Gasteiger partial charge >= 0.3 is 5.97 Å². The van der Waals surface area contributed by atoms with E-state index in [-0.39, 0.29) is 29.8 Å². The van der Waals surface area contributed by atoms with E-state index in [0.717, 1.165) is 38.8 Å². The van der Waals surface area contributed by atoms with Gasteiger partial charge in [-0.05, 0) is 43.7 Å². The Morgan fingerprint density at radius 2 is 2.12 bits per heavy atom. The number of hydrogen-bond donors (Lipinski definition) is 1. The number of amides is 1. The fraction of sp³-hybridized carbons (Fsp3) is 0.556. The summed E-state index contributed by atoms with van der Waals surface area (Å²) in [7, 11) is 0. The van der Waals surface area contributed by atoms with E-state index in [1.807, 2.05) is 4.90 Å². The van der Waals surface area contributed by atoms with E-state index in [2.05, 4.69) is 12.2 Å². The maximum Gasteiger partial charge on any atom is 0.338 e. The van der Waals surface area contributed by atoms with Crippen molar-refractivity contribution in [3.05, 3.63) is 33.9 Å². The quantitative estimate of drug-likeness (QED) is 0.474. The van der Waals surface area contributed by atoms with Crippen LogP contribution in [0.4, 0.5) is 11.4 Å². The highest BCUT2D eigenvalue weighted by atomic mass is 16.6. The van der Waals surface area contributed by atoms with Crippen LogP contribution in [0.2, 0.25) is 0 Å². The van der Waals surface area contributed by atoms with Gasteiger partial charge in [-0.3, -0.25) is 14.9 Å². The zero-order chi connectivity index (χ0) is 18.7. The average molecular weight is 361 g/mol. The highest BCUT2D eigenvalue weighted by Gasteiger charge is 2.26. The van der Waals surface area contributed by atoms with Gasteiger partial charge in [-0.1, -0.05) is 6.92 Å². The summed E-state index contributed by atoms with van der Waals surface area (Å²) in [5, 5.41) is 14.2. The molecule has 1 saturated heterocycles. The number of rotatable bonds is 6. The standard InChI is InChI=1S/C18H23N3O5/c1-12-3-2-8-20(10-12)15-7-4-13(9-16(15)21(24)25)18(23)26-11-17(22)19-14-5-6-14/h4,7,9,12,14H,2-3,5-6,8,10-11H2,1H3,(H,19,22)/t12-/m1/s1. The molecule has 26 heavy (non-hydrogen) atoms. The van der Waals surface area contributed by atoms with E-state index >= 15 is 0 Å². The van der Waals surface area contributed by atoms with Crippen molar-refractivity contribution in [2.24, 2.45) is 5.92 Å². The third kappa shape index (κ3) is 4.50. The van der Waals surface area contributed by atoms with E-state index in [1.165, 1.54) is 12.1 Å². The van der Waals surface area contributed by atoms with Gasteiger partial charge in [-0.2, -0.15) is 0 Å². The molecule has 1 saturated carbocycles. The molecule has 0 aromatic heterocycles. The Bertz CT molecular complexity index is 717. The number of benzene rings is 1. The Morgan fingerprint density at radius 1 is 1.35 bits per heavy atom. The monoisotopic (exact) mass is 361 g/mol. The van der Waals surface area contributed by atoms with Crippen LogP contribution >= 0.6 is 0 Å². The van der Waals surface area contributed by atoms with Crippen molar-refractivity contribution < 1.29 is 19.2 Å². The number of carbonyl (C=O) groups excluding carboxylic acids is 2. The second kappa shape index (κ2) is 7.72. The minimum Gasteiger partial charge on any atom is -0.452 e. The van der Waals surface area contributed by atoms with Crippen molar-refractivity contribution in [1.29, 1.82) is 0 Å². The van der Waals surface area contributed by atoms with Crippen molar-refractivity contribution >= 4 is 23.3 Å². The van der Waals surface area contributed by atoms with Crippen LogP contribution in [-0.2, 0) is 9.53 Å². The molecule has 1 aromatic rings. The third-order valence-electron chi connectivity index (χ3n) is 4.68. The van der Waals surface area contributed by atoms with Crippen molar-refractivity contribution in [3.8, 4) is 0 Å². The van der Waals surface area contributed by atoms with Crippen LogP contribution in [0, 0.1) is 16.0 Å². The summed E-state index contributed by atoms with van der Waals surface area (Å²) in [5.41, 5.74) is 0.477. The predicted octanol–water partition coefficient (Wildman–Crippen LogP) is 2.27. The van der Waals surface area contributed by atoms with E-state index in [4.69, 9.17) is 4.74 Å². The first-order chi connectivity index (χ1) is 12.4. The normalized spacial score (nSPS) is 19.7. The van der Waals surface area contributed by atoms with Gasteiger partial charge in [0, 0.05) is 25.2 Å². The molecular weight excluding hydrogens is 338 g/mol. The number of piperidine rings is 1. The molecule has 1 aromatic carbocycles. The lowest BCUT2D eigenvalue weighted by Crippen LogP contribution is -2.34. The summed E-state index contributed by atoms with van der Waals surface area (Å²) in [6.07, 6.45) is 3.99. The zero-order valence-electron chi connectivity index (χ0n) is 14.8. The minimum absolute atomic E-state index is 0.0738. The maximum atomic E-state index is 12.1. The molecular formula is C18H23N3O5. The molecule has 1 aliphatic carbocycles. The summed E-state index contributed by atoms with van der Waals surface area (Å²) in [4.78, 5) is 36.7. The van der Waals surface area contributed by atoms with Gasteiger partial charge < -0.3 is 15.0 Å². The molecule has 1 N–H and O–H groups in total. The van der Waals surface area contributed by atoms with Gasteiger partial charge in [0.15, 0.2) is 6.61 Å². The van der Waals surface area contributed by atoms with Crippen molar-refractivity contribution in [2.75, 3.05) is 24.6 Å². The number of hydrogen-bond acceptors (Lipinski definition) is 6. The van der Waals surface area contributed by atoms with E-state index in [1.54, 1.807) is 6.07 Å². The van der Waals surface area contributed by atoms with Crippen LogP contribution in [0.1, 0.15) is 43.0 Å². The first-order valence-electron chi connectivity index (χ1n) is 8.94. The van der Waals surface area contributed by atoms with E-state index in [0.29, 0.717) is 11.6 Å². The number of nitrogens with one attached hydrogen (secondary N) is 1. The molecule has 1 heterocycles. The summed E-state index contributed by atoms with van der Waals surface area (Å²) < 4.78 is 4.97. The third-order valence-corrected chi connectivity index (χ3v) is 4.68. The molecule has 1 atom stereocenters. The first-order valence-corrected chi connectivity index (χ1v) is 8.94. The Hall–Kier alpha value is -2.64. The number of nitro benzene ring substituents is 1. The van der Waals surface area contributed by atoms with Crippen LogP contribution in [-0.4, -0.2) is 42.5 Å². The minimum atomic E-state index is -0.738. The van der Waals surface area contributed by atoms with Gasteiger partial charge in [0.1, 0.15) is 5.69 Å². The van der Waals surface area contributed by atoms with Gasteiger partial charge in [0.2, 0.25) is 0 Å².